The van der Waals surface area contributed by atoms with E-state index in [-0.39, 0.29) is 0 Å². The first-order chi connectivity index (χ1) is 9.92. The smallest absolute Gasteiger partial charge is 0.204 e. The van der Waals surface area contributed by atoms with Crippen molar-refractivity contribution < 1.29 is 0 Å². The molecule has 1 heterocycles. The van der Waals surface area contributed by atoms with Gasteiger partial charge in [-0.3, -0.25) is 5.43 Å². The van der Waals surface area contributed by atoms with Gasteiger partial charge in [0.05, 0.1) is 10.2 Å². The van der Waals surface area contributed by atoms with E-state index in [1.807, 2.05) is 30.5 Å². The van der Waals surface area contributed by atoms with E-state index < -0.39 is 0 Å². The van der Waals surface area contributed by atoms with Crippen LogP contribution in [0.3, 0.4) is 0 Å². The Kier molecular flexibility index (Phi) is 4.04. The summed E-state index contributed by atoms with van der Waals surface area (Å²) < 4.78 is 1.18. The number of rotatable bonds is 5. The number of para-hydroxylation sites is 1. The summed E-state index contributed by atoms with van der Waals surface area (Å²) in [7, 11) is 0. The first-order valence-corrected chi connectivity index (χ1v) is 7.40. The first kappa shape index (κ1) is 12.8. The highest BCUT2D eigenvalue weighted by Gasteiger charge is 2.00. The van der Waals surface area contributed by atoms with Crippen LogP contribution >= 0.6 is 11.3 Å². The predicted octanol–water partition coefficient (Wildman–Crippen LogP) is 4.33. The van der Waals surface area contributed by atoms with Gasteiger partial charge in [-0.1, -0.05) is 53.8 Å². The van der Waals surface area contributed by atoms with Crippen LogP contribution in [0.1, 0.15) is 12.0 Å². The van der Waals surface area contributed by atoms with E-state index >= 15 is 0 Å². The van der Waals surface area contributed by atoms with E-state index in [2.05, 4.69) is 45.8 Å². The normalized spacial score (nSPS) is 11.2. The minimum absolute atomic E-state index is 0.835. The van der Waals surface area contributed by atoms with Crippen molar-refractivity contribution in [2.75, 3.05) is 5.43 Å². The highest BCUT2D eigenvalue weighted by molar-refractivity contribution is 7.22. The summed E-state index contributed by atoms with van der Waals surface area (Å²) in [6.45, 7) is 0. The van der Waals surface area contributed by atoms with Crippen molar-refractivity contribution in [3.63, 3.8) is 0 Å². The molecule has 0 aliphatic rings. The zero-order chi connectivity index (χ0) is 13.6. The first-order valence-electron chi connectivity index (χ1n) is 6.59. The summed E-state index contributed by atoms with van der Waals surface area (Å²) >= 11 is 1.62. The second kappa shape index (κ2) is 6.30. The number of aromatic nitrogens is 1. The Hall–Kier alpha value is -2.20. The van der Waals surface area contributed by atoms with Gasteiger partial charge < -0.3 is 0 Å². The maximum absolute atomic E-state index is 4.46. The molecule has 3 nitrogen and oxygen atoms in total. The molecule has 0 aliphatic carbocycles. The molecule has 0 atom stereocenters. The summed E-state index contributed by atoms with van der Waals surface area (Å²) in [4.78, 5) is 4.46. The van der Waals surface area contributed by atoms with Gasteiger partial charge in [-0.05, 0) is 30.5 Å². The van der Waals surface area contributed by atoms with Crippen molar-refractivity contribution in [3.05, 3.63) is 60.2 Å². The number of fused-ring (bicyclic) bond motifs is 1. The average Bonchev–Trinajstić information content (AvgIpc) is 2.90. The second-order valence-electron chi connectivity index (χ2n) is 4.43. The lowest BCUT2D eigenvalue weighted by atomic mass is 10.1. The van der Waals surface area contributed by atoms with Crippen molar-refractivity contribution in [1.82, 2.24) is 4.98 Å². The highest BCUT2D eigenvalue weighted by Crippen LogP contribution is 2.25. The number of thiazole rings is 1. The molecule has 0 fully saturated rings. The molecule has 3 aromatic rings. The molecule has 1 N–H and O–H groups in total. The molecule has 0 saturated carbocycles. The Morgan fingerprint density at radius 2 is 1.85 bits per heavy atom. The summed E-state index contributed by atoms with van der Waals surface area (Å²) in [6.07, 6.45) is 3.83. The molecular weight excluding hydrogens is 266 g/mol. The van der Waals surface area contributed by atoms with E-state index in [4.69, 9.17) is 0 Å². The van der Waals surface area contributed by atoms with Gasteiger partial charge in [-0.25, -0.2) is 4.98 Å². The quantitative estimate of drug-likeness (QED) is 0.558. The number of hydrazone groups is 1. The molecule has 0 bridgehead atoms. The molecule has 0 unspecified atom stereocenters. The van der Waals surface area contributed by atoms with Crippen LogP contribution < -0.4 is 5.43 Å². The van der Waals surface area contributed by atoms with Gasteiger partial charge in [0.1, 0.15) is 0 Å². The lowest BCUT2D eigenvalue weighted by Gasteiger charge is -1.96. The molecular formula is C16H15N3S. The lowest BCUT2D eigenvalue weighted by Crippen LogP contribution is -1.90. The SMILES string of the molecule is C(/CCc1ccccc1)=N\Nc1nc2ccccc2s1. The number of aryl methyl sites for hydroxylation is 1. The average molecular weight is 281 g/mol. The van der Waals surface area contributed by atoms with Crippen LogP contribution in [0.25, 0.3) is 10.2 Å². The van der Waals surface area contributed by atoms with E-state index in [0.29, 0.717) is 0 Å². The van der Waals surface area contributed by atoms with Gasteiger partial charge >= 0.3 is 0 Å². The molecule has 0 spiro atoms. The molecule has 0 saturated heterocycles. The molecule has 4 heteroatoms. The van der Waals surface area contributed by atoms with Gasteiger partial charge in [0, 0.05) is 6.21 Å². The summed E-state index contributed by atoms with van der Waals surface area (Å²) in [5.41, 5.74) is 5.34. The summed E-state index contributed by atoms with van der Waals surface area (Å²) in [5, 5.41) is 5.06. The Morgan fingerprint density at radius 1 is 1.05 bits per heavy atom. The zero-order valence-electron chi connectivity index (χ0n) is 11.0. The second-order valence-corrected chi connectivity index (χ2v) is 5.47. The number of hydrogen-bond acceptors (Lipinski definition) is 4. The standard InChI is InChI=1S/C16H15N3S/c1-2-7-13(8-3-1)9-6-12-17-19-16-18-14-10-4-5-11-15(14)20-16/h1-5,7-8,10-12H,6,9H2,(H,18,19)/b17-12+. The summed E-state index contributed by atoms with van der Waals surface area (Å²) in [5.74, 6) is 0. The Balaban J connectivity index is 1.52. The van der Waals surface area contributed by atoms with Gasteiger partial charge in [0.25, 0.3) is 0 Å². The van der Waals surface area contributed by atoms with Crippen molar-refractivity contribution in [2.45, 2.75) is 12.8 Å². The Labute approximate surface area is 122 Å². The molecule has 0 radical (unpaired) electrons. The zero-order valence-corrected chi connectivity index (χ0v) is 11.8. The third kappa shape index (κ3) is 3.22. The van der Waals surface area contributed by atoms with Crippen LogP contribution in [0.4, 0.5) is 5.13 Å². The van der Waals surface area contributed by atoms with E-state index in [0.717, 1.165) is 23.5 Å². The third-order valence-electron chi connectivity index (χ3n) is 2.95. The van der Waals surface area contributed by atoms with E-state index in [1.165, 1.54) is 10.3 Å². The molecule has 100 valence electrons. The molecule has 0 amide bonds. The Morgan fingerprint density at radius 3 is 2.70 bits per heavy atom. The molecule has 20 heavy (non-hydrogen) atoms. The molecule has 3 rings (SSSR count). The number of nitrogens with one attached hydrogen (secondary N) is 1. The van der Waals surface area contributed by atoms with E-state index in [1.54, 1.807) is 11.3 Å². The van der Waals surface area contributed by atoms with E-state index in [9.17, 15) is 0 Å². The lowest BCUT2D eigenvalue weighted by molar-refractivity contribution is 1.05. The number of anilines is 1. The number of hydrogen-bond donors (Lipinski definition) is 1. The van der Waals surface area contributed by atoms with Crippen LogP contribution in [0.15, 0.2) is 59.7 Å². The maximum Gasteiger partial charge on any atom is 0.204 e. The van der Waals surface area contributed by atoms with Crippen LogP contribution in [0, 0.1) is 0 Å². The van der Waals surface area contributed by atoms with Crippen molar-refractivity contribution in [3.8, 4) is 0 Å². The van der Waals surface area contributed by atoms with Crippen molar-refractivity contribution in [2.24, 2.45) is 5.10 Å². The molecule has 2 aromatic carbocycles. The van der Waals surface area contributed by atoms with Crippen LogP contribution in [0.5, 0.6) is 0 Å². The van der Waals surface area contributed by atoms with Gasteiger partial charge in [-0.15, -0.1) is 0 Å². The van der Waals surface area contributed by atoms with Crippen LogP contribution in [-0.2, 0) is 6.42 Å². The molecule has 0 aliphatic heterocycles. The fraction of sp³-hybridized carbons (Fsp3) is 0.125. The van der Waals surface area contributed by atoms with Crippen LogP contribution in [-0.4, -0.2) is 11.2 Å². The third-order valence-corrected chi connectivity index (χ3v) is 3.89. The highest BCUT2D eigenvalue weighted by atomic mass is 32.1. The topological polar surface area (TPSA) is 37.3 Å². The predicted molar refractivity (Wildman–Crippen MR) is 86.5 cm³/mol. The fourth-order valence-electron chi connectivity index (χ4n) is 1.96. The van der Waals surface area contributed by atoms with Gasteiger partial charge in [0.15, 0.2) is 0 Å². The maximum atomic E-state index is 4.46. The number of nitrogens with zero attached hydrogens (tertiary/aromatic N) is 2. The monoisotopic (exact) mass is 281 g/mol. The minimum atomic E-state index is 0.835. The summed E-state index contributed by atoms with van der Waals surface area (Å²) in [6, 6.07) is 18.5. The minimum Gasteiger partial charge on any atom is -0.253 e. The van der Waals surface area contributed by atoms with Crippen molar-refractivity contribution >= 4 is 32.9 Å². The van der Waals surface area contributed by atoms with Crippen LogP contribution in [0.2, 0.25) is 0 Å². The largest absolute Gasteiger partial charge is 0.253 e. The number of benzene rings is 2. The van der Waals surface area contributed by atoms with Gasteiger partial charge in [0.2, 0.25) is 5.13 Å². The van der Waals surface area contributed by atoms with Crippen molar-refractivity contribution in [1.29, 1.82) is 0 Å². The van der Waals surface area contributed by atoms with Gasteiger partial charge in [-0.2, -0.15) is 5.10 Å². The molecule has 1 aromatic heterocycles. The fourth-order valence-corrected chi connectivity index (χ4v) is 2.78. The Bertz CT molecular complexity index is 671.